The third-order valence-corrected chi connectivity index (χ3v) is 5.11. The number of nitrogens with zero attached hydrogens (tertiary/aromatic N) is 3. The third kappa shape index (κ3) is 5.28. The summed E-state index contributed by atoms with van der Waals surface area (Å²) in [7, 11) is 0. The van der Waals surface area contributed by atoms with Crippen molar-refractivity contribution in [2.45, 2.75) is 32.8 Å². The molecule has 0 aromatic heterocycles. The Balaban J connectivity index is 1.40. The average molecular weight is 394 g/mol. The Morgan fingerprint density at radius 1 is 1.11 bits per heavy atom. The Morgan fingerprint density at radius 3 is 2.37 bits per heavy atom. The van der Waals surface area contributed by atoms with E-state index in [1.54, 1.807) is 4.90 Å². The molecule has 3 rings (SSSR count). The van der Waals surface area contributed by atoms with E-state index >= 15 is 0 Å². The molecular formula is C20H28ClN3O3. The zero-order chi connectivity index (χ0) is 19.6. The summed E-state index contributed by atoms with van der Waals surface area (Å²) in [6.45, 7) is 9.81. The number of halogens is 1. The highest BCUT2D eigenvalue weighted by atomic mass is 35.5. The number of hydrogen-bond donors (Lipinski definition) is 0. The van der Waals surface area contributed by atoms with Crippen molar-refractivity contribution in [1.29, 1.82) is 0 Å². The largest absolute Gasteiger partial charge is 0.444 e. The molecular weight excluding hydrogens is 366 g/mol. The van der Waals surface area contributed by atoms with E-state index in [0.717, 1.165) is 23.8 Å². The molecule has 0 atom stereocenters. The molecule has 27 heavy (non-hydrogen) atoms. The molecule has 0 spiro atoms. The van der Waals surface area contributed by atoms with Crippen molar-refractivity contribution in [2.24, 2.45) is 5.92 Å². The van der Waals surface area contributed by atoms with Gasteiger partial charge >= 0.3 is 6.09 Å². The lowest BCUT2D eigenvalue weighted by Gasteiger charge is -2.41. The molecule has 2 heterocycles. The molecule has 0 N–H and O–H groups in total. The van der Waals surface area contributed by atoms with Gasteiger partial charge in [-0.15, -0.1) is 0 Å². The first-order chi connectivity index (χ1) is 12.7. The number of carbonyl (C=O) groups is 2. The van der Waals surface area contributed by atoms with Crippen LogP contribution in [-0.2, 0) is 9.53 Å². The molecule has 0 saturated carbocycles. The summed E-state index contributed by atoms with van der Waals surface area (Å²) in [5, 5.41) is 0.727. The summed E-state index contributed by atoms with van der Waals surface area (Å²) in [6, 6.07) is 7.81. The van der Waals surface area contributed by atoms with Gasteiger partial charge in [0.05, 0.1) is 0 Å². The number of ether oxygens (including phenoxy) is 1. The molecule has 148 valence electrons. The Labute approximate surface area is 166 Å². The van der Waals surface area contributed by atoms with E-state index in [2.05, 4.69) is 4.90 Å². The van der Waals surface area contributed by atoms with Crippen LogP contribution in [0.15, 0.2) is 24.3 Å². The number of carbonyl (C=O) groups excluding carboxylic acids is 2. The fourth-order valence-corrected chi connectivity index (χ4v) is 3.62. The monoisotopic (exact) mass is 393 g/mol. The number of anilines is 1. The van der Waals surface area contributed by atoms with Crippen LogP contribution in [-0.4, -0.2) is 66.7 Å². The number of likely N-dealkylation sites (tertiary alicyclic amines) is 1. The first-order valence-corrected chi connectivity index (χ1v) is 9.85. The van der Waals surface area contributed by atoms with Gasteiger partial charge in [-0.1, -0.05) is 17.7 Å². The van der Waals surface area contributed by atoms with Crippen LogP contribution in [0, 0.1) is 5.92 Å². The Hall–Kier alpha value is -1.95. The lowest BCUT2D eigenvalue weighted by Crippen LogP contribution is -2.54. The third-order valence-electron chi connectivity index (χ3n) is 4.88. The quantitative estimate of drug-likeness (QED) is 0.791. The fraction of sp³-hybridized carbons (Fsp3) is 0.600. The molecule has 2 amide bonds. The summed E-state index contributed by atoms with van der Waals surface area (Å²) in [5.74, 6) is 0.408. The van der Waals surface area contributed by atoms with Crippen LogP contribution < -0.4 is 4.90 Å². The van der Waals surface area contributed by atoms with E-state index in [0.29, 0.717) is 32.6 Å². The van der Waals surface area contributed by atoms with E-state index in [1.165, 1.54) is 0 Å². The predicted molar refractivity (Wildman–Crippen MR) is 106 cm³/mol. The smallest absolute Gasteiger partial charge is 0.410 e. The van der Waals surface area contributed by atoms with Gasteiger partial charge in [0.15, 0.2) is 0 Å². The van der Waals surface area contributed by atoms with Crippen LogP contribution in [0.1, 0.15) is 27.2 Å². The molecule has 2 saturated heterocycles. The molecule has 0 radical (unpaired) electrons. The van der Waals surface area contributed by atoms with Crippen LogP contribution in [0.2, 0.25) is 5.02 Å². The maximum atomic E-state index is 12.6. The molecule has 2 fully saturated rings. The van der Waals surface area contributed by atoms with Gasteiger partial charge in [0.2, 0.25) is 5.91 Å². The lowest BCUT2D eigenvalue weighted by atomic mass is 9.96. The average Bonchev–Trinajstić information content (AvgIpc) is 2.56. The predicted octanol–water partition coefficient (Wildman–Crippen LogP) is 3.25. The van der Waals surface area contributed by atoms with E-state index in [4.69, 9.17) is 16.3 Å². The minimum Gasteiger partial charge on any atom is -0.444 e. The Morgan fingerprint density at radius 2 is 1.78 bits per heavy atom. The highest BCUT2D eigenvalue weighted by molar-refractivity contribution is 6.30. The topological polar surface area (TPSA) is 53.1 Å². The van der Waals surface area contributed by atoms with Crippen molar-refractivity contribution in [2.75, 3.05) is 44.2 Å². The summed E-state index contributed by atoms with van der Waals surface area (Å²) in [4.78, 5) is 30.4. The second-order valence-corrected chi connectivity index (χ2v) is 8.74. The van der Waals surface area contributed by atoms with Crippen LogP contribution in [0.5, 0.6) is 0 Å². The normalized spacial score (nSPS) is 18.3. The van der Waals surface area contributed by atoms with Gasteiger partial charge in [-0.3, -0.25) is 4.79 Å². The van der Waals surface area contributed by atoms with Gasteiger partial charge in [0.25, 0.3) is 0 Å². The molecule has 2 aliphatic heterocycles. The molecule has 0 bridgehead atoms. The number of benzene rings is 1. The van der Waals surface area contributed by atoms with Gasteiger partial charge in [-0.25, -0.2) is 4.79 Å². The number of hydrogen-bond acceptors (Lipinski definition) is 4. The molecule has 0 unspecified atom stereocenters. The Bertz CT molecular complexity index is 690. The standard InChI is InChI=1S/C20H28ClN3O3/c1-20(2,3)27-19(26)24-13-15(14-24)11-18(25)23-9-7-22(8-10-23)17-6-4-5-16(21)12-17/h4-6,12,15H,7-11,13-14H2,1-3H3. The van der Waals surface area contributed by atoms with E-state index in [-0.39, 0.29) is 17.9 Å². The van der Waals surface area contributed by atoms with E-state index in [1.807, 2.05) is 49.9 Å². The lowest BCUT2D eigenvalue weighted by molar-refractivity contribution is -0.133. The zero-order valence-corrected chi connectivity index (χ0v) is 17.0. The summed E-state index contributed by atoms with van der Waals surface area (Å²) in [6.07, 6.45) is 0.206. The van der Waals surface area contributed by atoms with E-state index in [9.17, 15) is 9.59 Å². The highest BCUT2D eigenvalue weighted by Gasteiger charge is 2.35. The highest BCUT2D eigenvalue weighted by Crippen LogP contribution is 2.24. The minimum absolute atomic E-state index is 0.176. The Kier molecular flexibility index (Phi) is 5.84. The summed E-state index contributed by atoms with van der Waals surface area (Å²) >= 11 is 6.06. The molecule has 6 nitrogen and oxygen atoms in total. The SMILES string of the molecule is CC(C)(C)OC(=O)N1CC(CC(=O)N2CCN(c3cccc(Cl)c3)CC2)C1. The summed E-state index contributed by atoms with van der Waals surface area (Å²) in [5.41, 5.74) is 0.613. The van der Waals surface area contributed by atoms with Crippen LogP contribution >= 0.6 is 11.6 Å². The maximum Gasteiger partial charge on any atom is 0.410 e. The first kappa shape index (κ1) is 19.8. The van der Waals surface area contributed by atoms with Crippen molar-refractivity contribution in [3.8, 4) is 0 Å². The van der Waals surface area contributed by atoms with Gasteiger partial charge in [0.1, 0.15) is 5.60 Å². The summed E-state index contributed by atoms with van der Waals surface area (Å²) < 4.78 is 5.35. The number of rotatable bonds is 3. The van der Waals surface area contributed by atoms with Crippen LogP contribution in [0.25, 0.3) is 0 Å². The van der Waals surface area contributed by atoms with Crippen molar-refractivity contribution in [1.82, 2.24) is 9.80 Å². The van der Waals surface area contributed by atoms with Crippen molar-refractivity contribution in [3.63, 3.8) is 0 Å². The fourth-order valence-electron chi connectivity index (χ4n) is 3.44. The van der Waals surface area contributed by atoms with Crippen molar-refractivity contribution < 1.29 is 14.3 Å². The van der Waals surface area contributed by atoms with Crippen molar-refractivity contribution >= 4 is 29.3 Å². The van der Waals surface area contributed by atoms with Crippen LogP contribution in [0.3, 0.4) is 0 Å². The van der Waals surface area contributed by atoms with Gasteiger partial charge in [0, 0.05) is 62.3 Å². The van der Waals surface area contributed by atoms with Crippen LogP contribution in [0.4, 0.5) is 10.5 Å². The van der Waals surface area contributed by atoms with Crippen molar-refractivity contribution in [3.05, 3.63) is 29.3 Å². The second-order valence-electron chi connectivity index (χ2n) is 8.30. The maximum absolute atomic E-state index is 12.6. The van der Waals surface area contributed by atoms with Gasteiger partial charge < -0.3 is 19.4 Å². The molecule has 1 aromatic rings. The number of amides is 2. The molecule has 7 heteroatoms. The van der Waals surface area contributed by atoms with Gasteiger partial charge in [-0.05, 0) is 39.0 Å². The molecule has 1 aromatic carbocycles. The first-order valence-electron chi connectivity index (χ1n) is 9.47. The second kappa shape index (κ2) is 7.97. The minimum atomic E-state index is -0.485. The zero-order valence-electron chi connectivity index (χ0n) is 16.3. The molecule has 2 aliphatic rings. The number of piperazine rings is 1. The van der Waals surface area contributed by atoms with Gasteiger partial charge in [-0.2, -0.15) is 0 Å². The molecule has 0 aliphatic carbocycles. The van der Waals surface area contributed by atoms with E-state index < -0.39 is 5.60 Å².